The number of rotatable bonds is 6. The predicted octanol–water partition coefficient (Wildman–Crippen LogP) is 3.51. The van der Waals surface area contributed by atoms with E-state index in [2.05, 4.69) is 29.5 Å². The molecule has 112 valence electrons. The zero-order valence-electron chi connectivity index (χ0n) is 12.6. The molecule has 0 aliphatic heterocycles. The first kappa shape index (κ1) is 15.7. The van der Waals surface area contributed by atoms with Crippen molar-refractivity contribution in [2.24, 2.45) is 0 Å². The largest absolute Gasteiger partial charge is 0.326 e. The molecule has 0 fully saturated rings. The molecule has 0 spiro atoms. The monoisotopic (exact) mass is 303 g/mol. The lowest BCUT2D eigenvalue weighted by Gasteiger charge is -2.14. The van der Waals surface area contributed by atoms with Crippen molar-refractivity contribution in [3.05, 3.63) is 45.9 Å². The summed E-state index contributed by atoms with van der Waals surface area (Å²) in [4.78, 5) is 17.0. The van der Waals surface area contributed by atoms with Gasteiger partial charge in [0, 0.05) is 30.2 Å². The van der Waals surface area contributed by atoms with Crippen LogP contribution in [0.4, 0.5) is 5.69 Å². The van der Waals surface area contributed by atoms with Crippen LogP contribution in [-0.2, 0) is 17.8 Å². The molecule has 1 aromatic carbocycles. The molecule has 1 aromatic heterocycles. The van der Waals surface area contributed by atoms with Gasteiger partial charge in [-0.05, 0) is 25.0 Å². The van der Waals surface area contributed by atoms with Crippen molar-refractivity contribution >= 4 is 22.9 Å². The van der Waals surface area contributed by atoms with Crippen LogP contribution in [0.25, 0.3) is 0 Å². The topological polar surface area (TPSA) is 54.0 Å². The molecule has 0 bridgehead atoms. The number of hydrogen-bond donors (Lipinski definition) is 2. The highest BCUT2D eigenvalue weighted by Gasteiger charge is 2.11. The minimum absolute atomic E-state index is 0.0528. The predicted molar refractivity (Wildman–Crippen MR) is 87.5 cm³/mol. The van der Waals surface area contributed by atoms with Crippen LogP contribution < -0.4 is 10.6 Å². The summed E-state index contributed by atoms with van der Waals surface area (Å²) < 4.78 is 0. The van der Waals surface area contributed by atoms with Crippen molar-refractivity contribution in [2.45, 2.75) is 39.8 Å². The van der Waals surface area contributed by atoms with E-state index in [1.54, 1.807) is 11.3 Å². The van der Waals surface area contributed by atoms with E-state index in [9.17, 15) is 4.79 Å². The van der Waals surface area contributed by atoms with Gasteiger partial charge in [-0.25, -0.2) is 4.98 Å². The Balaban J connectivity index is 2.00. The summed E-state index contributed by atoms with van der Waals surface area (Å²) in [7, 11) is 0. The maximum Gasteiger partial charge on any atom is 0.221 e. The van der Waals surface area contributed by atoms with E-state index >= 15 is 0 Å². The van der Waals surface area contributed by atoms with Gasteiger partial charge in [-0.2, -0.15) is 0 Å². The third-order valence-corrected chi connectivity index (χ3v) is 4.54. The minimum atomic E-state index is -0.0528. The third kappa shape index (κ3) is 4.37. The highest BCUT2D eigenvalue weighted by molar-refractivity contribution is 7.11. The second-order valence-corrected chi connectivity index (χ2v) is 6.11. The Labute approximate surface area is 129 Å². The van der Waals surface area contributed by atoms with Crippen LogP contribution in [0, 0.1) is 0 Å². The summed E-state index contributed by atoms with van der Waals surface area (Å²) in [6, 6.07) is 8.03. The van der Waals surface area contributed by atoms with Crippen molar-refractivity contribution in [3.8, 4) is 0 Å². The maximum absolute atomic E-state index is 11.2. The van der Waals surface area contributed by atoms with Gasteiger partial charge in [-0.3, -0.25) is 4.79 Å². The second kappa shape index (κ2) is 7.33. The van der Waals surface area contributed by atoms with Gasteiger partial charge < -0.3 is 10.6 Å². The Morgan fingerprint density at radius 3 is 2.81 bits per heavy atom. The Morgan fingerprint density at radius 2 is 2.14 bits per heavy atom. The highest BCUT2D eigenvalue weighted by atomic mass is 32.1. The molecule has 0 saturated heterocycles. The SMILES string of the molecule is CCc1cnc(C(C)NCc2ccccc2NC(C)=O)s1. The Morgan fingerprint density at radius 1 is 1.38 bits per heavy atom. The molecular formula is C16H21N3OS. The van der Waals surface area contributed by atoms with Crippen LogP contribution in [-0.4, -0.2) is 10.9 Å². The normalized spacial score (nSPS) is 12.1. The number of benzene rings is 1. The Hall–Kier alpha value is -1.72. The molecule has 0 radical (unpaired) electrons. The van der Waals surface area contributed by atoms with Crippen LogP contribution in [0.3, 0.4) is 0 Å². The Kier molecular flexibility index (Phi) is 5.47. The molecule has 1 heterocycles. The van der Waals surface area contributed by atoms with E-state index in [0.717, 1.165) is 22.7 Å². The molecule has 1 unspecified atom stereocenters. The average molecular weight is 303 g/mol. The zero-order chi connectivity index (χ0) is 15.2. The van der Waals surface area contributed by atoms with Gasteiger partial charge >= 0.3 is 0 Å². The van der Waals surface area contributed by atoms with Gasteiger partial charge in [0.25, 0.3) is 0 Å². The number of anilines is 1. The quantitative estimate of drug-likeness (QED) is 0.858. The molecule has 2 aromatic rings. The summed E-state index contributed by atoms with van der Waals surface area (Å²) in [5.41, 5.74) is 1.94. The lowest BCUT2D eigenvalue weighted by molar-refractivity contribution is -0.114. The molecular weight excluding hydrogens is 282 g/mol. The number of nitrogens with one attached hydrogen (secondary N) is 2. The fourth-order valence-corrected chi connectivity index (χ4v) is 2.91. The van der Waals surface area contributed by atoms with Crippen LogP contribution >= 0.6 is 11.3 Å². The van der Waals surface area contributed by atoms with E-state index < -0.39 is 0 Å². The second-order valence-electron chi connectivity index (χ2n) is 4.96. The van der Waals surface area contributed by atoms with Gasteiger partial charge in [0.15, 0.2) is 0 Å². The fraction of sp³-hybridized carbons (Fsp3) is 0.375. The van der Waals surface area contributed by atoms with E-state index in [0.29, 0.717) is 6.54 Å². The first-order valence-corrected chi connectivity index (χ1v) is 7.95. The van der Waals surface area contributed by atoms with Gasteiger partial charge in [0.05, 0.1) is 6.04 Å². The third-order valence-electron chi connectivity index (χ3n) is 3.22. The molecule has 21 heavy (non-hydrogen) atoms. The lowest BCUT2D eigenvalue weighted by atomic mass is 10.1. The smallest absolute Gasteiger partial charge is 0.221 e. The number of para-hydroxylation sites is 1. The summed E-state index contributed by atoms with van der Waals surface area (Å²) in [6.07, 6.45) is 2.97. The molecule has 2 rings (SSSR count). The fourth-order valence-electron chi connectivity index (χ4n) is 2.02. The van der Waals surface area contributed by atoms with Crippen LogP contribution in [0.1, 0.15) is 42.3 Å². The minimum Gasteiger partial charge on any atom is -0.326 e. The van der Waals surface area contributed by atoms with Crippen molar-refractivity contribution in [1.82, 2.24) is 10.3 Å². The number of nitrogens with zero attached hydrogens (tertiary/aromatic N) is 1. The molecule has 5 heteroatoms. The summed E-state index contributed by atoms with van der Waals surface area (Å²) in [6.45, 7) is 6.46. The number of hydrogen-bond acceptors (Lipinski definition) is 4. The van der Waals surface area contributed by atoms with Gasteiger partial charge in [-0.1, -0.05) is 25.1 Å². The maximum atomic E-state index is 11.2. The number of aryl methyl sites for hydroxylation is 1. The van der Waals surface area contributed by atoms with E-state index in [1.165, 1.54) is 11.8 Å². The summed E-state index contributed by atoms with van der Waals surface area (Å²) in [5.74, 6) is -0.0528. The van der Waals surface area contributed by atoms with Crippen LogP contribution in [0.5, 0.6) is 0 Å². The van der Waals surface area contributed by atoms with Gasteiger partial charge in [0.1, 0.15) is 5.01 Å². The van der Waals surface area contributed by atoms with Gasteiger partial charge in [0.2, 0.25) is 5.91 Å². The van der Waals surface area contributed by atoms with E-state index in [-0.39, 0.29) is 11.9 Å². The molecule has 0 saturated carbocycles. The molecule has 1 amide bonds. The van der Waals surface area contributed by atoms with Crippen molar-refractivity contribution in [2.75, 3.05) is 5.32 Å². The molecule has 2 N–H and O–H groups in total. The highest BCUT2D eigenvalue weighted by Crippen LogP contribution is 2.21. The molecule has 0 aliphatic carbocycles. The first-order chi connectivity index (χ1) is 10.1. The number of carbonyl (C=O) groups excluding carboxylic acids is 1. The van der Waals surface area contributed by atoms with Crippen molar-refractivity contribution in [1.29, 1.82) is 0 Å². The van der Waals surface area contributed by atoms with Crippen LogP contribution in [0.15, 0.2) is 30.5 Å². The number of aromatic nitrogens is 1. The summed E-state index contributed by atoms with van der Waals surface area (Å²) >= 11 is 1.75. The number of thiazole rings is 1. The van der Waals surface area contributed by atoms with Crippen LogP contribution in [0.2, 0.25) is 0 Å². The Bertz CT molecular complexity index is 609. The van der Waals surface area contributed by atoms with Crippen molar-refractivity contribution < 1.29 is 4.79 Å². The molecule has 1 atom stereocenters. The van der Waals surface area contributed by atoms with E-state index in [1.807, 2.05) is 30.5 Å². The van der Waals surface area contributed by atoms with Gasteiger partial charge in [-0.15, -0.1) is 11.3 Å². The number of carbonyl (C=O) groups is 1. The number of amides is 1. The summed E-state index contributed by atoms with van der Waals surface area (Å²) in [5, 5.41) is 7.42. The average Bonchev–Trinajstić information content (AvgIpc) is 2.94. The first-order valence-electron chi connectivity index (χ1n) is 7.13. The molecule has 4 nitrogen and oxygen atoms in total. The van der Waals surface area contributed by atoms with E-state index in [4.69, 9.17) is 0 Å². The molecule has 0 aliphatic rings. The zero-order valence-corrected chi connectivity index (χ0v) is 13.5. The van der Waals surface area contributed by atoms with Crippen molar-refractivity contribution in [3.63, 3.8) is 0 Å². The lowest BCUT2D eigenvalue weighted by Crippen LogP contribution is -2.19. The standard InChI is InChI=1S/C16H21N3OS/c1-4-14-10-18-16(21-14)11(2)17-9-13-7-5-6-8-15(13)19-12(3)20/h5-8,10-11,17H,4,9H2,1-3H3,(H,19,20).